The minimum Gasteiger partial charge on any atom is -0.325 e. The molecule has 140 valence electrons. The Morgan fingerprint density at radius 2 is 2.30 bits per heavy atom. The molecule has 1 aliphatic carbocycles. The number of halogens is 1. The summed E-state index contributed by atoms with van der Waals surface area (Å²) < 4.78 is 0. The highest BCUT2D eigenvalue weighted by Gasteiger charge is 2.24. The van der Waals surface area contributed by atoms with Crippen LogP contribution in [0.5, 0.6) is 0 Å². The average molecular weight is 400 g/mol. The summed E-state index contributed by atoms with van der Waals surface area (Å²) in [4.78, 5) is 17.5. The average Bonchev–Trinajstić information content (AvgIpc) is 2.65. The number of hydrogen-bond acceptors (Lipinski definition) is 4. The lowest BCUT2D eigenvalue weighted by Crippen LogP contribution is -2.25. The first-order valence-electron chi connectivity index (χ1n) is 9.16. The Labute approximate surface area is 169 Å². The van der Waals surface area contributed by atoms with Crippen LogP contribution in [-0.2, 0) is 17.6 Å². The van der Waals surface area contributed by atoms with E-state index in [9.17, 15) is 10.1 Å². The normalized spacial score (nSPS) is 16.9. The Morgan fingerprint density at radius 3 is 3.00 bits per heavy atom. The van der Waals surface area contributed by atoms with E-state index < -0.39 is 0 Å². The van der Waals surface area contributed by atoms with Gasteiger partial charge >= 0.3 is 0 Å². The maximum Gasteiger partial charge on any atom is 0.237 e. The predicted octanol–water partition coefficient (Wildman–Crippen LogP) is 5.24. The standard InChI is InChI=1S/C21H22ClN3OS/c1-3-19(20(26)24-17-6-4-5-16(22)11-17)27-21-15(12-23)10-14-9-13(2)7-8-18(14)25-21/h4-6,10-11,13,19H,3,7-9H2,1-2H3,(H,24,26). The van der Waals surface area contributed by atoms with Crippen LogP contribution in [0.1, 0.15) is 43.5 Å². The minimum absolute atomic E-state index is 0.109. The molecule has 1 aliphatic rings. The number of nitrogens with one attached hydrogen (secondary N) is 1. The zero-order chi connectivity index (χ0) is 19.4. The van der Waals surface area contributed by atoms with E-state index in [4.69, 9.17) is 16.6 Å². The van der Waals surface area contributed by atoms with Gasteiger partial charge in [-0.2, -0.15) is 5.26 Å². The minimum atomic E-state index is -0.329. The van der Waals surface area contributed by atoms with E-state index in [-0.39, 0.29) is 11.2 Å². The van der Waals surface area contributed by atoms with E-state index in [1.807, 2.05) is 13.0 Å². The molecule has 0 spiro atoms. The molecule has 2 aromatic rings. The van der Waals surface area contributed by atoms with Crippen molar-refractivity contribution in [2.45, 2.75) is 49.8 Å². The molecule has 0 aliphatic heterocycles. The number of thioether (sulfide) groups is 1. The summed E-state index contributed by atoms with van der Waals surface area (Å²) in [5.74, 6) is 0.512. The highest BCUT2D eigenvalue weighted by atomic mass is 35.5. The third-order valence-electron chi connectivity index (χ3n) is 4.73. The molecule has 27 heavy (non-hydrogen) atoms. The topological polar surface area (TPSA) is 65.8 Å². The number of nitrogens with zero attached hydrogens (tertiary/aromatic N) is 2. The van der Waals surface area contributed by atoms with Crippen LogP contribution in [0.15, 0.2) is 35.4 Å². The fourth-order valence-corrected chi connectivity index (χ4v) is 4.43. The number of carbonyl (C=O) groups excluding carboxylic acids is 1. The van der Waals surface area contributed by atoms with Crippen LogP contribution < -0.4 is 5.32 Å². The predicted molar refractivity (Wildman–Crippen MR) is 110 cm³/mol. The van der Waals surface area contributed by atoms with E-state index in [1.165, 1.54) is 17.3 Å². The molecule has 0 fully saturated rings. The van der Waals surface area contributed by atoms with Gasteiger partial charge in [-0.15, -0.1) is 0 Å². The first-order chi connectivity index (χ1) is 13.0. The van der Waals surface area contributed by atoms with E-state index >= 15 is 0 Å². The maximum atomic E-state index is 12.7. The largest absolute Gasteiger partial charge is 0.325 e. The van der Waals surface area contributed by atoms with Crippen molar-refractivity contribution in [2.75, 3.05) is 5.32 Å². The monoisotopic (exact) mass is 399 g/mol. The van der Waals surface area contributed by atoms with Gasteiger partial charge in [0.15, 0.2) is 0 Å². The summed E-state index contributed by atoms with van der Waals surface area (Å²) in [6.07, 6.45) is 3.65. The number of nitriles is 1. The number of pyridine rings is 1. The fourth-order valence-electron chi connectivity index (χ4n) is 3.24. The van der Waals surface area contributed by atoms with Crippen LogP contribution in [0.25, 0.3) is 0 Å². The van der Waals surface area contributed by atoms with Gasteiger partial charge in [-0.05, 0) is 61.4 Å². The molecule has 0 bridgehead atoms. The van der Waals surface area contributed by atoms with Crippen LogP contribution >= 0.6 is 23.4 Å². The van der Waals surface area contributed by atoms with Gasteiger partial charge < -0.3 is 5.32 Å². The van der Waals surface area contributed by atoms with Gasteiger partial charge in [-0.1, -0.05) is 43.3 Å². The van der Waals surface area contributed by atoms with E-state index in [0.717, 1.165) is 25.0 Å². The quantitative estimate of drug-likeness (QED) is 0.698. The van der Waals surface area contributed by atoms with Crippen molar-refractivity contribution < 1.29 is 4.79 Å². The zero-order valence-corrected chi connectivity index (χ0v) is 17.0. The van der Waals surface area contributed by atoms with Crippen molar-refractivity contribution in [1.29, 1.82) is 5.26 Å². The Morgan fingerprint density at radius 1 is 1.48 bits per heavy atom. The van der Waals surface area contributed by atoms with Gasteiger partial charge in [0.25, 0.3) is 0 Å². The molecule has 1 N–H and O–H groups in total. The van der Waals surface area contributed by atoms with E-state index in [0.29, 0.717) is 33.6 Å². The van der Waals surface area contributed by atoms with Crippen molar-refractivity contribution >= 4 is 35.0 Å². The van der Waals surface area contributed by atoms with Crippen molar-refractivity contribution in [3.05, 3.63) is 52.2 Å². The molecule has 1 aromatic heterocycles. The number of aryl methyl sites for hydroxylation is 1. The molecule has 2 unspecified atom stereocenters. The number of amides is 1. The molecule has 0 radical (unpaired) electrons. The zero-order valence-electron chi connectivity index (χ0n) is 15.5. The Bertz CT molecular complexity index is 893. The van der Waals surface area contributed by atoms with Crippen molar-refractivity contribution in [1.82, 2.24) is 4.98 Å². The Kier molecular flexibility index (Phi) is 6.41. The second-order valence-corrected chi connectivity index (χ2v) is 8.55. The third-order valence-corrected chi connectivity index (χ3v) is 6.33. The van der Waals surface area contributed by atoms with Gasteiger partial charge in [0.2, 0.25) is 5.91 Å². The molecule has 1 amide bonds. The first-order valence-corrected chi connectivity index (χ1v) is 10.4. The molecular formula is C21H22ClN3OS. The lowest BCUT2D eigenvalue weighted by atomic mass is 9.87. The lowest BCUT2D eigenvalue weighted by molar-refractivity contribution is -0.115. The second kappa shape index (κ2) is 8.77. The van der Waals surface area contributed by atoms with Crippen LogP contribution in [0.2, 0.25) is 5.02 Å². The molecule has 3 rings (SSSR count). The number of aromatic nitrogens is 1. The molecule has 0 saturated carbocycles. The van der Waals surface area contributed by atoms with Crippen LogP contribution in [0.3, 0.4) is 0 Å². The summed E-state index contributed by atoms with van der Waals surface area (Å²) in [5, 5.41) is 13.4. The number of benzene rings is 1. The first kappa shape index (κ1) is 19.7. The second-order valence-electron chi connectivity index (χ2n) is 6.92. The fraction of sp³-hybridized carbons (Fsp3) is 0.381. The molecule has 4 nitrogen and oxygen atoms in total. The van der Waals surface area contributed by atoms with Crippen LogP contribution in [0, 0.1) is 17.2 Å². The number of anilines is 1. The number of hydrogen-bond donors (Lipinski definition) is 1. The van der Waals surface area contributed by atoms with Gasteiger partial charge in [0.1, 0.15) is 11.1 Å². The summed E-state index contributed by atoms with van der Waals surface area (Å²) in [5.41, 5.74) is 3.46. The molecule has 1 heterocycles. The summed E-state index contributed by atoms with van der Waals surface area (Å²) in [7, 11) is 0. The third kappa shape index (κ3) is 4.82. The van der Waals surface area contributed by atoms with Crippen LogP contribution in [-0.4, -0.2) is 16.1 Å². The lowest BCUT2D eigenvalue weighted by Gasteiger charge is -2.22. The SMILES string of the molecule is CCC(Sc1nc2c(cc1C#N)CC(C)CC2)C(=O)Nc1cccc(Cl)c1. The maximum absolute atomic E-state index is 12.7. The Hall–Kier alpha value is -2.03. The molecular weight excluding hydrogens is 378 g/mol. The molecule has 2 atom stereocenters. The molecule has 6 heteroatoms. The van der Waals surface area contributed by atoms with Crippen molar-refractivity contribution in [3.8, 4) is 6.07 Å². The highest BCUT2D eigenvalue weighted by Crippen LogP contribution is 2.32. The molecule has 1 aromatic carbocycles. The van der Waals surface area contributed by atoms with Crippen molar-refractivity contribution in [3.63, 3.8) is 0 Å². The number of rotatable bonds is 5. The van der Waals surface area contributed by atoms with E-state index in [1.54, 1.807) is 24.3 Å². The number of fused-ring (bicyclic) bond motifs is 1. The summed E-state index contributed by atoms with van der Waals surface area (Å²) >= 11 is 7.35. The Balaban J connectivity index is 1.79. The smallest absolute Gasteiger partial charge is 0.237 e. The van der Waals surface area contributed by atoms with E-state index in [2.05, 4.69) is 18.3 Å². The van der Waals surface area contributed by atoms with Crippen molar-refractivity contribution in [2.24, 2.45) is 5.92 Å². The van der Waals surface area contributed by atoms with Gasteiger partial charge in [-0.25, -0.2) is 4.98 Å². The molecule has 0 saturated heterocycles. The highest BCUT2D eigenvalue weighted by molar-refractivity contribution is 8.00. The summed E-state index contributed by atoms with van der Waals surface area (Å²) in [6, 6.07) is 11.3. The number of carbonyl (C=O) groups is 1. The van der Waals surface area contributed by atoms with Gasteiger partial charge in [0, 0.05) is 16.4 Å². The van der Waals surface area contributed by atoms with Gasteiger partial charge in [-0.3, -0.25) is 4.79 Å². The van der Waals surface area contributed by atoms with Crippen LogP contribution in [0.4, 0.5) is 5.69 Å². The summed E-state index contributed by atoms with van der Waals surface area (Å²) in [6.45, 7) is 4.19. The van der Waals surface area contributed by atoms with Gasteiger partial charge in [0.05, 0.1) is 10.8 Å².